The van der Waals surface area contributed by atoms with Crippen molar-refractivity contribution in [3.63, 3.8) is 0 Å². The quantitative estimate of drug-likeness (QED) is 0.708. The van der Waals surface area contributed by atoms with Crippen molar-refractivity contribution in [2.45, 2.75) is 13.0 Å². The van der Waals surface area contributed by atoms with Gasteiger partial charge < -0.3 is 10.2 Å². The Bertz CT molecular complexity index is 318. The van der Waals surface area contributed by atoms with E-state index in [-0.39, 0.29) is 30.1 Å². The van der Waals surface area contributed by atoms with E-state index in [0.717, 1.165) is 19.3 Å². The van der Waals surface area contributed by atoms with Crippen LogP contribution in [0.3, 0.4) is 0 Å². The van der Waals surface area contributed by atoms with E-state index in [9.17, 15) is 13.2 Å². The van der Waals surface area contributed by atoms with Crippen molar-refractivity contribution in [1.82, 2.24) is 10.2 Å². The topological polar surface area (TPSA) is 66.5 Å². The second kappa shape index (κ2) is 5.67. The van der Waals surface area contributed by atoms with E-state index in [1.165, 1.54) is 0 Å². The van der Waals surface area contributed by atoms with Gasteiger partial charge in [-0.1, -0.05) is 0 Å². The van der Waals surface area contributed by atoms with Crippen LogP contribution in [0.2, 0.25) is 0 Å². The van der Waals surface area contributed by atoms with Gasteiger partial charge >= 0.3 is 0 Å². The monoisotopic (exact) mass is 256 g/mol. The van der Waals surface area contributed by atoms with Crippen LogP contribution < -0.4 is 5.32 Å². The van der Waals surface area contributed by atoms with Gasteiger partial charge in [0.15, 0.2) is 9.84 Å². The molecule has 1 heterocycles. The summed E-state index contributed by atoms with van der Waals surface area (Å²) in [6.45, 7) is 3.97. The van der Waals surface area contributed by atoms with Crippen molar-refractivity contribution in [2.24, 2.45) is 0 Å². The maximum atomic E-state index is 11.5. The van der Waals surface area contributed by atoms with Gasteiger partial charge in [0.25, 0.3) is 0 Å². The van der Waals surface area contributed by atoms with Crippen LogP contribution in [0.15, 0.2) is 0 Å². The number of amides is 1. The fourth-order valence-electron chi connectivity index (χ4n) is 1.52. The molecular weight excluding hydrogens is 240 g/mol. The van der Waals surface area contributed by atoms with E-state index in [1.807, 2.05) is 6.92 Å². The lowest BCUT2D eigenvalue weighted by atomic mass is 10.2. The molecule has 0 radical (unpaired) electrons. The van der Waals surface area contributed by atoms with Crippen LogP contribution >= 0.6 is 12.4 Å². The predicted molar refractivity (Wildman–Crippen MR) is 61.0 cm³/mol. The predicted octanol–water partition coefficient (Wildman–Crippen LogP) is -0.727. The van der Waals surface area contributed by atoms with Gasteiger partial charge in [0.1, 0.15) is 5.75 Å². The Morgan fingerprint density at radius 2 is 2.13 bits per heavy atom. The second-order valence-corrected chi connectivity index (χ2v) is 5.85. The highest BCUT2D eigenvalue weighted by atomic mass is 35.5. The minimum absolute atomic E-state index is 0. The lowest BCUT2D eigenvalue weighted by Gasteiger charge is -2.33. The molecule has 1 amide bonds. The molecule has 90 valence electrons. The van der Waals surface area contributed by atoms with Crippen LogP contribution in [-0.2, 0) is 14.6 Å². The van der Waals surface area contributed by atoms with Gasteiger partial charge in [-0.15, -0.1) is 12.4 Å². The number of piperazine rings is 1. The molecule has 1 rings (SSSR count). The van der Waals surface area contributed by atoms with Crippen LogP contribution in [0, 0.1) is 0 Å². The Labute approximate surface area is 96.5 Å². The number of rotatable bonds is 2. The van der Waals surface area contributed by atoms with Crippen molar-refractivity contribution in [3.05, 3.63) is 0 Å². The van der Waals surface area contributed by atoms with Crippen LogP contribution in [0.1, 0.15) is 6.92 Å². The Hall–Kier alpha value is -0.330. The van der Waals surface area contributed by atoms with Crippen molar-refractivity contribution in [1.29, 1.82) is 0 Å². The molecule has 1 fully saturated rings. The zero-order chi connectivity index (χ0) is 10.8. The molecule has 0 aromatic rings. The summed E-state index contributed by atoms with van der Waals surface area (Å²) < 4.78 is 21.9. The molecule has 1 saturated heterocycles. The van der Waals surface area contributed by atoms with Crippen LogP contribution in [0.4, 0.5) is 0 Å². The molecule has 0 aliphatic carbocycles. The smallest absolute Gasteiger partial charge is 0.238 e. The maximum Gasteiger partial charge on any atom is 0.238 e. The molecule has 0 bridgehead atoms. The molecule has 1 atom stereocenters. The molecule has 5 nitrogen and oxygen atoms in total. The van der Waals surface area contributed by atoms with E-state index in [4.69, 9.17) is 0 Å². The zero-order valence-corrected chi connectivity index (χ0v) is 10.5. The molecule has 0 spiro atoms. The number of nitrogens with zero attached hydrogens (tertiary/aromatic N) is 1. The van der Waals surface area contributed by atoms with Crippen molar-refractivity contribution in [3.8, 4) is 0 Å². The third-order valence-corrected chi connectivity index (χ3v) is 2.98. The summed E-state index contributed by atoms with van der Waals surface area (Å²) in [6, 6.07) is 0.0815. The molecule has 7 heteroatoms. The molecule has 1 unspecified atom stereocenters. The number of carbonyl (C=O) groups is 1. The van der Waals surface area contributed by atoms with Crippen LogP contribution in [0.5, 0.6) is 0 Å². The van der Waals surface area contributed by atoms with E-state index in [0.29, 0.717) is 6.54 Å². The summed E-state index contributed by atoms with van der Waals surface area (Å²) in [5, 5.41) is 3.14. The molecule has 1 aliphatic rings. The van der Waals surface area contributed by atoms with Gasteiger partial charge in [0.05, 0.1) is 0 Å². The van der Waals surface area contributed by atoms with Gasteiger partial charge in [0.2, 0.25) is 5.91 Å². The van der Waals surface area contributed by atoms with E-state index < -0.39 is 9.84 Å². The van der Waals surface area contributed by atoms with Gasteiger partial charge in [-0.05, 0) is 6.92 Å². The van der Waals surface area contributed by atoms with E-state index in [2.05, 4.69) is 5.32 Å². The third-order valence-electron chi connectivity index (χ3n) is 2.21. The fraction of sp³-hybridized carbons (Fsp3) is 0.875. The Morgan fingerprint density at radius 1 is 1.53 bits per heavy atom. The highest BCUT2D eigenvalue weighted by Crippen LogP contribution is 2.03. The molecule has 15 heavy (non-hydrogen) atoms. The highest BCUT2D eigenvalue weighted by Gasteiger charge is 2.24. The first-order chi connectivity index (χ1) is 6.40. The summed E-state index contributed by atoms with van der Waals surface area (Å²) in [7, 11) is -3.21. The maximum absolute atomic E-state index is 11.5. The minimum atomic E-state index is -3.21. The Kier molecular flexibility index (Phi) is 5.55. The SMILES string of the molecule is CC1CNCCN1C(=O)CS(C)(=O)=O.Cl. The van der Waals surface area contributed by atoms with Gasteiger partial charge in [-0.2, -0.15) is 0 Å². The number of halogens is 1. The Balaban J connectivity index is 0.00000196. The lowest BCUT2D eigenvalue weighted by molar-refractivity contribution is -0.131. The van der Waals surface area contributed by atoms with Gasteiger partial charge in [-0.25, -0.2) is 8.42 Å². The minimum Gasteiger partial charge on any atom is -0.337 e. The number of sulfone groups is 1. The van der Waals surface area contributed by atoms with Crippen LogP contribution in [0.25, 0.3) is 0 Å². The second-order valence-electron chi connectivity index (χ2n) is 3.71. The van der Waals surface area contributed by atoms with Crippen molar-refractivity contribution in [2.75, 3.05) is 31.6 Å². The summed E-state index contributed by atoms with van der Waals surface area (Å²) in [4.78, 5) is 13.2. The number of nitrogens with one attached hydrogen (secondary N) is 1. The number of carbonyl (C=O) groups excluding carboxylic acids is 1. The standard InChI is InChI=1S/C8H16N2O3S.ClH/c1-7-5-9-3-4-10(7)8(11)6-14(2,12)13;/h7,9H,3-6H2,1-2H3;1H. The molecule has 0 aromatic carbocycles. The normalized spacial score (nSPS) is 22.0. The summed E-state index contributed by atoms with van der Waals surface area (Å²) >= 11 is 0. The first-order valence-electron chi connectivity index (χ1n) is 4.58. The summed E-state index contributed by atoms with van der Waals surface area (Å²) in [6.07, 6.45) is 1.08. The van der Waals surface area contributed by atoms with E-state index in [1.54, 1.807) is 4.90 Å². The summed E-state index contributed by atoms with van der Waals surface area (Å²) in [5.74, 6) is -0.668. The molecule has 1 aliphatic heterocycles. The average Bonchev–Trinajstić information content (AvgIpc) is 2.01. The number of hydrogen-bond acceptors (Lipinski definition) is 4. The highest BCUT2D eigenvalue weighted by molar-refractivity contribution is 7.91. The first kappa shape index (κ1) is 14.7. The van der Waals surface area contributed by atoms with Crippen molar-refractivity contribution < 1.29 is 13.2 Å². The third kappa shape index (κ3) is 4.81. The summed E-state index contributed by atoms with van der Waals surface area (Å²) in [5.41, 5.74) is 0. The molecular formula is C8H17ClN2O3S. The Morgan fingerprint density at radius 3 is 2.60 bits per heavy atom. The first-order valence-corrected chi connectivity index (χ1v) is 6.64. The zero-order valence-electron chi connectivity index (χ0n) is 8.89. The fourth-order valence-corrected chi connectivity index (χ4v) is 2.13. The molecule has 1 N–H and O–H groups in total. The van der Waals surface area contributed by atoms with Crippen molar-refractivity contribution >= 4 is 28.2 Å². The van der Waals surface area contributed by atoms with Gasteiger partial charge in [0, 0.05) is 31.9 Å². The number of hydrogen-bond donors (Lipinski definition) is 1. The largest absolute Gasteiger partial charge is 0.337 e. The molecule has 0 saturated carbocycles. The lowest BCUT2D eigenvalue weighted by Crippen LogP contribution is -2.53. The van der Waals surface area contributed by atoms with E-state index >= 15 is 0 Å². The average molecular weight is 257 g/mol. The molecule has 0 aromatic heterocycles. The van der Waals surface area contributed by atoms with Gasteiger partial charge in [-0.3, -0.25) is 4.79 Å². The van der Waals surface area contributed by atoms with Crippen LogP contribution in [-0.4, -0.2) is 56.9 Å².